The normalized spacial score (nSPS) is 15.1. The van der Waals surface area contributed by atoms with Crippen LogP contribution >= 0.6 is 0 Å². The van der Waals surface area contributed by atoms with Crippen molar-refractivity contribution >= 4 is 22.4 Å². The van der Waals surface area contributed by atoms with Gasteiger partial charge in [0.1, 0.15) is 11.6 Å². The summed E-state index contributed by atoms with van der Waals surface area (Å²) in [5, 5.41) is 23.0. The molecular formula is C23H26FN7. The average molecular weight is 420 g/mol. The van der Waals surface area contributed by atoms with E-state index >= 15 is 0 Å². The first-order valence-corrected chi connectivity index (χ1v) is 10.2. The van der Waals surface area contributed by atoms with Gasteiger partial charge in [0.25, 0.3) is 0 Å². The van der Waals surface area contributed by atoms with Crippen molar-refractivity contribution in [3.05, 3.63) is 52.6 Å². The highest BCUT2D eigenvalue weighted by molar-refractivity contribution is 5.94. The van der Waals surface area contributed by atoms with Crippen molar-refractivity contribution in [1.29, 1.82) is 5.26 Å². The first kappa shape index (κ1) is 20.9. The number of halogens is 1. The summed E-state index contributed by atoms with van der Waals surface area (Å²) in [4.78, 5) is 9.13. The summed E-state index contributed by atoms with van der Waals surface area (Å²) >= 11 is 0. The number of likely N-dealkylation sites (N-methyl/N-ethyl adjacent to an activating group) is 1. The Balaban J connectivity index is 1.64. The summed E-state index contributed by atoms with van der Waals surface area (Å²) in [6.45, 7) is 8.11. The highest BCUT2D eigenvalue weighted by Gasteiger charge is 2.41. The van der Waals surface area contributed by atoms with Gasteiger partial charge >= 0.3 is 0 Å². The van der Waals surface area contributed by atoms with Gasteiger partial charge in [0, 0.05) is 36.6 Å². The molecule has 0 saturated carbocycles. The molecule has 8 heteroatoms. The minimum Gasteiger partial charge on any atom is -0.364 e. The van der Waals surface area contributed by atoms with Gasteiger partial charge in [0.15, 0.2) is 5.82 Å². The zero-order chi connectivity index (χ0) is 22.3. The van der Waals surface area contributed by atoms with Crippen molar-refractivity contribution in [2.45, 2.75) is 32.9 Å². The molecule has 1 N–H and O–H groups in total. The monoisotopic (exact) mass is 419 g/mol. The number of hydrogen-bond acceptors (Lipinski definition) is 7. The molecule has 1 saturated heterocycles. The third-order valence-electron chi connectivity index (χ3n) is 6.35. The van der Waals surface area contributed by atoms with Crippen LogP contribution in [0, 0.1) is 31.0 Å². The first-order chi connectivity index (χ1) is 14.7. The fourth-order valence-electron chi connectivity index (χ4n) is 3.90. The summed E-state index contributed by atoms with van der Waals surface area (Å²) in [6.07, 6.45) is 1.84. The maximum absolute atomic E-state index is 13.9. The number of anilines is 2. The Morgan fingerprint density at radius 1 is 1.19 bits per heavy atom. The Morgan fingerprint density at radius 2 is 1.94 bits per heavy atom. The standard InChI is InChI=1S/C23H26FN7/c1-14-16(9-25)6-18(24)7-17(14)10-27-22-19-8-21(26-11-20(19)15(2)28-29-22)31-12-23(3,13-31)30(4)5/h6-8,11H,10,12-13H2,1-5H3,(H,27,29). The first-order valence-electron chi connectivity index (χ1n) is 10.2. The van der Waals surface area contributed by atoms with Crippen molar-refractivity contribution in [2.24, 2.45) is 0 Å². The van der Waals surface area contributed by atoms with E-state index in [-0.39, 0.29) is 5.54 Å². The Kier molecular flexibility index (Phi) is 5.23. The lowest BCUT2D eigenvalue weighted by atomic mass is 9.91. The van der Waals surface area contributed by atoms with Crippen molar-refractivity contribution in [2.75, 3.05) is 37.4 Å². The molecule has 1 aromatic carbocycles. The Hall–Kier alpha value is -3.31. The second-order valence-electron chi connectivity index (χ2n) is 8.67. The van der Waals surface area contributed by atoms with E-state index in [0.29, 0.717) is 23.5 Å². The fraction of sp³-hybridized carbons (Fsp3) is 0.391. The van der Waals surface area contributed by atoms with Gasteiger partial charge in [-0.05, 0) is 64.2 Å². The second kappa shape index (κ2) is 7.75. The molecule has 0 atom stereocenters. The number of aromatic nitrogens is 3. The summed E-state index contributed by atoms with van der Waals surface area (Å²) in [7, 11) is 4.19. The minimum absolute atomic E-state index is 0.136. The molecule has 1 aliphatic rings. The van der Waals surface area contributed by atoms with Gasteiger partial charge in [-0.1, -0.05) is 0 Å². The average Bonchev–Trinajstić information content (AvgIpc) is 2.72. The zero-order valence-corrected chi connectivity index (χ0v) is 18.5. The fourth-order valence-corrected chi connectivity index (χ4v) is 3.90. The van der Waals surface area contributed by atoms with Crippen LogP contribution in [0.25, 0.3) is 10.8 Å². The van der Waals surface area contributed by atoms with Gasteiger partial charge in [-0.25, -0.2) is 9.37 Å². The number of aryl methyl sites for hydroxylation is 1. The predicted octanol–water partition coefficient (Wildman–Crippen LogP) is 3.40. The van der Waals surface area contributed by atoms with Crippen molar-refractivity contribution in [3.63, 3.8) is 0 Å². The SMILES string of the molecule is Cc1c(C#N)cc(F)cc1CNc1nnc(C)c2cnc(N3CC(C)(N(C)C)C3)cc12. The van der Waals surface area contributed by atoms with Crippen molar-refractivity contribution in [3.8, 4) is 6.07 Å². The largest absolute Gasteiger partial charge is 0.364 e. The van der Waals surface area contributed by atoms with Gasteiger partial charge in [-0.15, -0.1) is 5.10 Å². The Labute approximate surface area is 181 Å². The number of rotatable bonds is 5. The van der Waals surface area contributed by atoms with Crippen molar-refractivity contribution < 1.29 is 4.39 Å². The van der Waals surface area contributed by atoms with Gasteiger partial charge in [-0.2, -0.15) is 10.4 Å². The maximum Gasteiger partial charge on any atom is 0.157 e. The van der Waals surface area contributed by atoms with E-state index in [1.54, 1.807) is 0 Å². The van der Waals surface area contributed by atoms with E-state index in [2.05, 4.69) is 51.3 Å². The van der Waals surface area contributed by atoms with Gasteiger partial charge in [0.05, 0.1) is 22.9 Å². The molecule has 0 bridgehead atoms. The number of nitriles is 1. The van der Waals surface area contributed by atoms with E-state index in [4.69, 9.17) is 0 Å². The maximum atomic E-state index is 13.9. The zero-order valence-electron chi connectivity index (χ0n) is 18.5. The molecule has 0 amide bonds. The van der Waals surface area contributed by atoms with E-state index in [0.717, 1.165) is 40.9 Å². The van der Waals surface area contributed by atoms with E-state index in [9.17, 15) is 9.65 Å². The number of nitrogens with one attached hydrogen (secondary N) is 1. The van der Waals surface area contributed by atoms with Crippen LogP contribution in [0.2, 0.25) is 0 Å². The molecule has 0 aliphatic carbocycles. The van der Waals surface area contributed by atoms with Crippen LogP contribution < -0.4 is 10.2 Å². The van der Waals surface area contributed by atoms with E-state index < -0.39 is 5.82 Å². The van der Waals surface area contributed by atoms with Crippen LogP contribution in [0.3, 0.4) is 0 Å². The van der Waals surface area contributed by atoms with Crippen LogP contribution in [-0.4, -0.2) is 52.8 Å². The molecule has 0 unspecified atom stereocenters. The van der Waals surface area contributed by atoms with E-state index in [1.165, 1.54) is 12.1 Å². The number of benzene rings is 1. The van der Waals surface area contributed by atoms with Crippen molar-refractivity contribution in [1.82, 2.24) is 20.1 Å². The molecule has 2 aromatic heterocycles. The number of nitrogens with zero attached hydrogens (tertiary/aromatic N) is 6. The van der Waals surface area contributed by atoms with E-state index in [1.807, 2.05) is 32.2 Å². The summed E-state index contributed by atoms with van der Waals surface area (Å²) < 4.78 is 13.9. The Morgan fingerprint density at radius 3 is 2.61 bits per heavy atom. The molecule has 0 radical (unpaired) electrons. The van der Waals surface area contributed by atoms with Crippen LogP contribution in [-0.2, 0) is 6.54 Å². The molecular weight excluding hydrogens is 393 g/mol. The molecule has 1 aliphatic heterocycles. The Bertz CT molecular complexity index is 1190. The third kappa shape index (κ3) is 3.77. The lowest BCUT2D eigenvalue weighted by Gasteiger charge is -2.52. The van der Waals surface area contributed by atoms with Crippen LogP contribution in [0.1, 0.15) is 29.3 Å². The topological polar surface area (TPSA) is 81.0 Å². The third-order valence-corrected chi connectivity index (χ3v) is 6.35. The number of fused-ring (bicyclic) bond motifs is 1. The van der Waals surface area contributed by atoms with Gasteiger partial charge in [-0.3, -0.25) is 0 Å². The molecule has 3 heterocycles. The predicted molar refractivity (Wildman–Crippen MR) is 120 cm³/mol. The molecule has 4 rings (SSSR count). The van der Waals surface area contributed by atoms with Crippen LogP contribution in [0.5, 0.6) is 0 Å². The molecule has 3 aromatic rings. The minimum atomic E-state index is -0.424. The smallest absolute Gasteiger partial charge is 0.157 e. The lowest BCUT2D eigenvalue weighted by molar-refractivity contribution is 0.132. The van der Waals surface area contributed by atoms with Gasteiger partial charge < -0.3 is 15.1 Å². The van der Waals surface area contributed by atoms with Crippen LogP contribution in [0.4, 0.5) is 16.0 Å². The number of pyridine rings is 1. The summed E-state index contributed by atoms with van der Waals surface area (Å²) in [5.41, 5.74) is 2.75. The molecule has 7 nitrogen and oxygen atoms in total. The summed E-state index contributed by atoms with van der Waals surface area (Å²) in [6, 6.07) is 6.78. The molecule has 0 spiro atoms. The number of hydrogen-bond donors (Lipinski definition) is 1. The highest BCUT2D eigenvalue weighted by Crippen LogP contribution is 2.33. The van der Waals surface area contributed by atoms with Crippen LogP contribution in [0.15, 0.2) is 24.4 Å². The molecule has 160 valence electrons. The highest BCUT2D eigenvalue weighted by atomic mass is 19.1. The summed E-state index contributed by atoms with van der Waals surface area (Å²) in [5.74, 6) is 1.09. The lowest BCUT2D eigenvalue weighted by Crippen LogP contribution is -2.67. The second-order valence-corrected chi connectivity index (χ2v) is 8.67. The quantitative estimate of drug-likeness (QED) is 0.679. The molecule has 1 fully saturated rings. The van der Waals surface area contributed by atoms with Gasteiger partial charge in [0.2, 0.25) is 0 Å². The molecule has 31 heavy (non-hydrogen) atoms.